The van der Waals surface area contributed by atoms with Crippen molar-refractivity contribution in [3.05, 3.63) is 10.6 Å². The molecule has 2 rings (SSSR count). The van der Waals surface area contributed by atoms with Crippen molar-refractivity contribution in [1.29, 1.82) is 0 Å². The Morgan fingerprint density at radius 3 is 2.76 bits per heavy atom. The van der Waals surface area contributed by atoms with Gasteiger partial charge >= 0.3 is 0 Å². The summed E-state index contributed by atoms with van der Waals surface area (Å²) in [6.07, 6.45) is 1.11. The van der Waals surface area contributed by atoms with E-state index < -0.39 is 0 Å². The van der Waals surface area contributed by atoms with Gasteiger partial charge in [-0.15, -0.1) is 11.3 Å². The van der Waals surface area contributed by atoms with E-state index in [1.165, 1.54) is 10.6 Å². The second-order valence-electron chi connectivity index (χ2n) is 4.42. The molecule has 17 heavy (non-hydrogen) atoms. The lowest BCUT2D eigenvalue weighted by atomic mass is 10.0. The minimum atomic E-state index is 0.500. The molecular formula is C12H21N3OS. The monoisotopic (exact) mass is 255 g/mol. The van der Waals surface area contributed by atoms with Gasteiger partial charge in [-0.05, 0) is 12.3 Å². The van der Waals surface area contributed by atoms with Crippen LogP contribution in [0.1, 0.15) is 36.8 Å². The van der Waals surface area contributed by atoms with Gasteiger partial charge in [0.1, 0.15) is 0 Å². The fourth-order valence-electron chi connectivity index (χ4n) is 1.97. The molecule has 1 aromatic rings. The van der Waals surface area contributed by atoms with Crippen LogP contribution in [0.4, 0.5) is 5.13 Å². The zero-order valence-electron chi connectivity index (χ0n) is 10.6. The van der Waals surface area contributed by atoms with E-state index >= 15 is 0 Å². The summed E-state index contributed by atoms with van der Waals surface area (Å²) in [6.45, 7) is 8.50. The third kappa shape index (κ3) is 2.78. The second kappa shape index (κ2) is 5.80. The van der Waals surface area contributed by atoms with Gasteiger partial charge in [-0.2, -0.15) is 0 Å². The lowest BCUT2D eigenvalue weighted by Crippen LogP contribution is -2.36. The largest absolute Gasteiger partial charge is 0.378 e. The molecule has 0 aliphatic carbocycles. The first-order valence-corrected chi connectivity index (χ1v) is 7.10. The number of hydrogen-bond acceptors (Lipinski definition) is 5. The molecule has 5 heteroatoms. The first-order chi connectivity index (χ1) is 8.26. The number of nitrogens with two attached hydrogens (primary N) is 1. The van der Waals surface area contributed by atoms with Crippen LogP contribution < -0.4 is 10.6 Å². The van der Waals surface area contributed by atoms with E-state index in [4.69, 9.17) is 15.5 Å². The van der Waals surface area contributed by atoms with E-state index in [-0.39, 0.29) is 0 Å². The Balaban J connectivity index is 2.20. The van der Waals surface area contributed by atoms with Crippen molar-refractivity contribution in [3.8, 4) is 0 Å². The van der Waals surface area contributed by atoms with E-state index in [1.807, 2.05) is 0 Å². The van der Waals surface area contributed by atoms with E-state index in [0.29, 0.717) is 12.5 Å². The molecule has 1 fully saturated rings. The van der Waals surface area contributed by atoms with Crippen LogP contribution in [-0.4, -0.2) is 31.3 Å². The average Bonchev–Trinajstić information content (AvgIpc) is 2.83. The smallest absolute Gasteiger partial charge is 0.185 e. The van der Waals surface area contributed by atoms with Crippen LogP contribution in [0, 0.1) is 0 Å². The van der Waals surface area contributed by atoms with Crippen LogP contribution in [0.2, 0.25) is 0 Å². The number of morpholine rings is 1. The summed E-state index contributed by atoms with van der Waals surface area (Å²) in [4.78, 5) is 8.33. The Morgan fingerprint density at radius 2 is 2.18 bits per heavy atom. The molecule has 1 unspecified atom stereocenters. The van der Waals surface area contributed by atoms with E-state index in [9.17, 15) is 0 Å². The highest BCUT2D eigenvalue weighted by Gasteiger charge is 2.20. The number of anilines is 1. The van der Waals surface area contributed by atoms with Gasteiger partial charge in [-0.3, -0.25) is 0 Å². The van der Waals surface area contributed by atoms with Crippen molar-refractivity contribution in [2.45, 2.75) is 32.7 Å². The zero-order chi connectivity index (χ0) is 12.3. The third-order valence-electron chi connectivity index (χ3n) is 3.26. The fraction of sp³-hybridized carbons (Fsp3) is 0.750. The number of thiazole rings is 1. The summed E-state index contributed by atoms with van der Waals surface area (Å²) in [5, 5.41) is 1.11. The van der Waals surface area contributed by atoms with Gasteiger partial charge in [0, 0.05) is 24.5 Å². The summed E-state index contributed by atoms with van der Waals surface area (Å²) >= 11 is 1.74. The molecule has 0 spiro atoms. The molecule has 0 aromatic carbocycles. The molecular weight excluding hydrogens is 234 g/mol. The lowest BCUT2D eigenvalue weighted by Gasteiger charge is -2.26. The van der Waals surface area contributed by atoms with Gasteiger partial charge in [-0.25, -0.2) is 4.98 Å². The van der Waals surface area contributed by atoms with E-state index in [2.05, 4.69) is 18.7 Å². The summed E-state index contributed by atoms with van der Waals surface area (Å²) < 4.78 is 5.36. The molecule has 0 bridgehead atoms. The average molecular weight is 255 g/mol. The van der Waals surface area contributed by atoms with E-state index in [1.54, 1.807) is 11.3 Å². The predicted molar refractivity (Wildman–Crippen MR) is 71.7 cm³/mol. The number of rotatable bonds is 4. The summed E-state index contributed by atoms with van der Waals surface area (Å²) in [5.41, 5.74) is 7.01. The number of ether oxygens (including phenoxy) is 1. The molecule has 2 N–H and O–H groups in total. The fourth-order valence-corrected chi connectivity index (χ4v) is 3.08. The molecule has 0 saturated carbocycles. The van der Waals surface area contributed by atoms with Crippen molar-refractivity contribution >= 4 is 16.5 Å². The molecule has 96 valence electrons. The molecule has 0 amide bonds. The van der Waals surface area contributed by atoms with Crippen LogP contribution in [0.3, 0.4) is 0 Å². The van der Waals surface area contributed by atoms with Crippen molar-refractivity contribution in [2.24, 2.45) is 5.73 Å². The van der Waals surface area contributed by atoms with Crippen molar-refractivity contribution < 1.29 is 4.74 Å². The number of hydrogen-bond donors (Lipinski definition) is 1. The standard InChI is InChI=1S/C12H21N3OS/c1-3-9(2)11-10(8-13)17-12(14-11)15-4-6-16-7-5-15/h9H,3-8,13H2,1-2H3. The molecule has 1 aromatic heterocycles. The molecule has 1 aliphatic heterocycles. The van der Waals surface area contributed by atoms with Crippen LogP contribution in [-0.2, 0) is 11.3 Å². The molecule has 4 nitrogen and oxygen atoms in total. The topological polar surface area (TPSA) is 51.4 Å². The van der Waals surface area contributed by atoms with Crippen molar-refractivity contribution in [3.63, 3.8) is 0 Å². The minimum Gasteiger partial charge on any atom is -0.378 e. The SMILES string of the molecule is CCC(C)c1nc(N2CCOCC2)sc1CN. The minimum absolute atomic E-state index is 0.500. The first kappa shape index (κ1) is 12.8. The Morgan fingerprint density at radius 1 is 1.47 bits per heavy atom. The lowest BCUT2D eigenvalue weighted by molar-refractivity contribution is 0.122. The highest BCUT2D eigenvalue weighted by Crippen LogP contribution is 2.32. The van der Waals surface area contributed by atoms with Crippen LogP contribution in [0.25, 0.3) is 0 Å². The van der Waals surface area contributed by atoms with Crippen molar-refractivity contribution in [1.82, 2.24) is 4.98 Å². The Labute approximate surface area is 107 Å². The quantitative estimate of drug-likeness (QED) is 0.893. The van der Waals surface area contributed by atoms with Gasteiger partial charge in [-0.1, -0.05) is 13.8 Å². The van der Waals surface area contributed by atoms with Gasteiger partial charge in [0.2, 0.25) is 0 Å². The highest BCUT2D eigenvalue weighted by atomic mass is 32.1. The van der Waals surface area contributed by atoms with Gasteiger partial charge < -0.3 is 15.4 Å². The maximum Gasteiger partial charge on any atom is 0.185 e. The van der Waals surface area contributed by atoms with Gasteiger partial charge in [0.25, 0.3) is 0 Å². The second-order valence-corrected chi connectivity index (χ2v) is 5.48. The van der Waals surface area contributed by atoms with Crippen LogP contribution in [0.5, 0.6) is 0 Å². The summed E-state index contributed by atoms with van der Waals surface area (Å²) in [7, 11) is 0. The Kier molecular flexibility index (Phi) is 4.36. The zero-order valence-corrected chi connectivity index (χ0v) is 11.4. The molecule has 1 atom stereocenters. The Hall–Kier alpha value is -0.650. The molecule has 1 saturated heterocycles. The maximum atomic E-state index is 5.81. The summed E-state index contributed by atoms with van der Waals surface area (Å²) in [6, 6.07) is 0. The molecule has 0 radical (unpaired) electrons. The van der Waals surface area contributed by atoms with Gasteiger partial charge in [0.15, 0.2) is 5.13 Å². The van der Waals surface area contributed by atoms with Crippen LogP contribution >= 0.6 is 11.3 Å². The highest BCUT2D eigenvalue weighted by molar-refractivity contribution is 7.15. The Bertz CT molecular complexity index is 361. The summed E-state index contributed by atoms with van der Waals surface area (Å²) in [5.74, 6) is 0.500. The van der Waals surface area contributed by atoms with Gasteiger partial charge in [0.05, 0.1) is 18.9 Å². The van der Waals surface area contributed by atoms with E-state index in [0.717, 1.165) is 37.9 Å². The van der Waals surface area contributed by atoms with Crippen molar-refractivity contribution in [2.75, 3.05) is 31.2 Å². The maximum absolute atomic E-state index is 5.81. The first-order valence-electron chi connectivity index (χ1n) is 6.28. The number of nitrogens with zero attached hydrogens (tertiary/aromatic N) is 2. The predicted octanol–water partition coefficient (Wildman–Crippen LogP) is 1.95. The third-order valence-corrected chi connectivity index (χ3v) is 4.42. The normalized spacial score (nSPS) is 18.4. The molecule has 2 heterocycles. The molecule has 1 aliphatic rings. The van der Waals surface area contributed by atoms with Crippen LogP contribution in [0.15, 0.2) is 0 Å². The number of aromatic nitrogens is 1.